The molecule has 0 bridgehead atoms. The third-order valence-electron chi connectivity index (χ3n) is 4.18. The maximum Gasteiger partial charge on any atom is 0.408 e. The number of hydrogen-bond acceptors (Lipinski definition) is 5. The Bertz CT molecular complexity index is 865. The van der Waals surface area contributed by atoms with Crippen LogP contribution < -0.4 is 10.5 Å². The molecule has 0 atom stereocenters. The first-order chi connectivity index (χ1) is 12.7. The molecule has 0 radical (unpaired) electrons. The zero-order valence-electron chi connectivity index (χ0n) is 14.1. The Labute approximate surface area is 157 Å². The number of anilines is 1. The van der Waals surface area contributed by atoms with Crippen LogP contribution in [0.15, 0.2) is 29.5 Å². The molecule has 146 valence electrons. The van der Waals surface area contributed by atoms with Crippen molar-refractivity contribution in [1.82, 2.24) is 19.7 Å². The monoisotopic (exact) mass is 405 g/mol. The number of alkyl halides is 3. The van der Waals surface area contributed by atoms with E-state index in [1.165, 1.54) is 12.3 Å². The van der Waals surface area contributed by atoms with Crippen LogP contribution in [-0.2, 0) is 13.1 Å². The largest absolute Gasteiger partial charge is 0.408 e. The van der Waals surface area contributed by atoms with Gasteiger partial charge in [-0.25, -0.2) is 9.07 Å². The van der Waals surface area contributed by atoms with Crippen molar-refractivity contribution in [3.8, 4) is 0 Å². The van der Waals surface area contributed by atoms with E-state index in [1.807, 2.05) is 0 Å². The van der Waals surface area contributed by atoms with Gasteiger partial charge in [0.25, 0.3) is 5.56 Å². The summed E-state index contributed by atoms with van der Waals surface area (Å²) in [6, 6.07) is 1.42. The Balaban J connectivity index is 1.65. The van der Waals surface area contributed by atoms with Crippen molar-refractivity contribution < 1.29 is 17.6 Å². The number of aromatic nitrogens is 3. The van der Waals surface area contributed by atoms with Crippen molar-refractivity contribution >= 4 is 17.3 Å². The number of nitrogens with zero attached hydrogens (tertiary/aromatic N) is 5. The predicted molar refractivity (Wildman–Crippen MR) is 91.2 cm³/mol. The van der Waals surface area contributed by atoms with Gasteiger partial charge in [-0.1, -0.05) is 11.6 Å². The SMILES string of the molecule is O=c1c(Cl)c(N2CCN(Cc3cncc(F)c3)CC2)cnn1CC(F)(F)F. The van der Waals surface area contributed by atoms with Gasteiger partial charge in [0.15, 0.2) is 0 Å². The highest BCUT2D eigenvalue weighted by atomic mass is 35.5. The Morgan fingerprint density at radius 2 is 1.81 bits per heavy atom. The molecule has 6 nitrogen and oxygen atoms in total. The van der Waals surface area contributed by atoms with E-state index in [2.05, 4.69) is 15.0 Å². The first-order valence-electron chi connectivity index (χ1n) is 8.12. The van der Waals surface area contributed by atoms with Crippen LogP contribution in [0.4, 0.5) is 23.2 Å². The van der Waals surface area contributed by atoms with Crippen LogP contribution in [0.1, 0.15) is 5.56 Å². The predicted octanol–water partition coefficient (Wildman–Crippen LogP) is 2.32. The lowest BCUT2D eigenvalue weighted by Crippen LogP contribution is -2.46. The van der Waals surface area contributed by atoms with Crippen molar-refractivity contribution in [2.45, 2.75) is 19.3 Å². The van der Waals surface area contributed by atoms with Crippen molar-refractivity contribution in [3.63, 3.8) is 0 Å². The van der Waals surface area contributed by atoms with E-state index in [0.717, 1.165) is 11.8 Å². The van der Waals surface area contributed by atoms with Gasteiger partial charge in [-0.15, -0.1) is 0 Å². The topological polar surface area (TPSA) is 54.3 Å². The van der Waals surface area contributed by atoms with Crippen molar-refractivity contribution in [2.24, 2.45) is 0 Å². The van der Waals surface area contributed by atoms with Gasteiger partial charge < -0.3 is 4.90 Å². The molecule has 2 aromatic rings. The molecule has 3 rings (SSSR count). The summed E-state index contributed by atoms with van der Waals surface area (Å²) in [5.41, 5.74) is 0.0878. The molecule has 1 aliphatic rings. The summed E-state index contributed by atoms with van der Waals surface area (Å²) in [4.78, 5) is 19.7. The smallest absolute Gasteiger partial charge is 0.366 e. The van der Waals surface area contributed by atoms with Crippen LogP contribution in [0.2, 0.25) is 5.02 Å². The standard InChI is InChI=1S/C16H16ClF4N5O/c17-14-13(8-23-26(15(14)27)10-16(19,20)21)25-3-1-24(2-4-25)9-11-5-12(18)7-22-6-11/h5-8H,1-4,9-10H2. The fourth-order valence-electron chi connectivity index (χ4n) is 2.91. The number of rotatable bonds is 4. The Hall–Kier alpha value is -2.20. The molecular formula is C16H16ClF4N5O. The van der Waals surface area contributed by atoms with Gasteiger partial charge in [-0.3, -0.25) is 14.7 Å². The molecule has 1 saturated heterocycles. The van der Waals surface area contributed by atoms with E-state index in [-0.39, 0.29) is 5.02 Å². The minimum absolute atomic E-state index is 0.281. The van der Waals surface area contributed by atoms with Crippen LogP contribution in [0.3, 0.4) is 0 Å². The summed E-state index contributed by atoms with van der Waals surface area (Å²) in [5, 5.41) is 3.31. The Kier molecular flexibility index (Phi) is 5.66. The summed E-state index contributed by atoms with van der Waals surface area (Å²) >= 11 is 6.00. The molecule has 1 aliphatic heterocycles. The first kappa shape index (κ1) is 19.6. The molecule has 0 unspecified atom stereocenters. The molecule has 0 amide bonds. The summed E-state index contributed by atoms with van der Waals surface area (Å²) in [6.45, 7) is 1.27. The number of pyridine rings is 1. The molecule has 0 N–H and O–H groups in total. The fourth-order valence-corrected chi connectivity index (χ4v) is 3.17. The highest BCUT2D eigenvalue weighted by Crippen LogP contribution is 2.24. The maximum atomic E-state index is 13.2. The Morgan fingerprint density at radius 1 is 1.11 bits per heavy atom. The van der Waals surface area contributed by atoms with E-state index in [9.17, 15) is 22.4 Å². The average Bonchev–Trinajstić information content (AvgIpc) is 2.59. The van der Waals surface area contributed by atoms with Crippen LogP contribution in [0, 0.1) is 5.82 Å². The highest BCUT2D eigenvalue weighted by Gasteiger charge is 2.30. The molecule has 0 spiro atoms. The minimum Gasteiger partial charge on any atom is -0.366 e. The summed E-state index contributed by atoms with van der Waals surface area (Å²) < 4.78 is 50.9. The van der Waals surface area contributed by atoms with Gasteiger partial charge in [0.05, 0.1) is 18.1 Å². The minimum atomic E-state index is -4.56. The van der Waals surface area contributed by atoms with E-state index < -0.39 is 24.1 Å². The lowest BCUT2D eigenvalue weighted by molar-refractivity contribution is -0.143. The van der Waals surface area contributed by atoms with Gasteiger partial charge in [0.2, 0.25) is 0 Å². The average molecular weight is 406 g/mol. The zero-order chi connectivity index (χ0) is 19.6. The lowest BCUT2D eigenvalue weighted by Gasteiger charge is -2.36. The third kappa shape index (κ3) is 4.95. The summed E-state index contributed by atoms with van der Waals surface area (Å²) in [6.07, 6.45) is -0.644. The second-order valence-electron chi connectivity index (χ2n) is 6.20. The van der Waals surface area contributed by atoms with E-state index >= 15 is 0 Å². The summed E-state index contributed by atoms with van der Waals surface area (Å²) in [7, 11) is 0. The molecular weight excluding hydrogens is 390 g/mol. The summed E-state index contributed by atoms with van der Waals surface area (Å²) in [5.74, 6) is -0.400. The van der Waals surface area contributed by atoms with Crippen LogP contribution in [0.25, 0.3) is 0 Å². The van der Waals surface area contributed by atoms with Crippen LogP contribution >= 0.6 is 11.6 Å². The lowest BCUT2D eigenvalue weighted by atomic mass is 10.2. The van der Waals surface area contributed by atoms with Crippen LogP contribution in [-0.4, -0.2) is 52.0 Å². The molecule has 27 heavy (non-hydrogen) atoms. The van der Waals surface area contributed by atoms with Crippen molar-refractivity contribution in [2.75, 3.05) is 31.1 Å². The quantitative estimate of drug-likeness (QED) is 0.731. The van der Waals surface area contributed by atoms with Gasteiger partial charge in [0.1, 0.15) is 17.4 Å². The fraction of sp³-hybridized carbons (Fsp3) is 0.438. The van der Waals surface area contributed by atoms with E-state index in [0.29, 0.717) is 43.1 Å². The first-order valence-corrected chi connectivity index (χ1v) is 8.50. The number of piperazine rings is 1. The molecule has 0 aliphatic carbocycles. The third-order valence-corrected chi connectivity index (χ3v) is 4.53. The maximum absolute atomic E-state index is 13.2. The normalized spacial score (nSPS) is 16.0. The highest BCUT2D eigenvalue weighted by molar-refractivity contribution is 6.33. The molecule has 0 saturated carbocycles. The van der Waals surface area contributed by atoms with Gasteiger partial charge >= 0.3 is 6.18 Å². The molecule has 3 heterocycles. The van der Waals surface area contributed by atoms with Gasteiger partial charge in [-0.2, -0.15) is 18.3 Å². The van der Waals surface area contributed by atoms with E-state index in [4.69, 9.17) is 11.6 Å². The van der Waals surface area contributed by atoms with Gasteiger partial charge in [-0.05, 0) is 11.6 Å². The number of halogens is 5. The Morgan fingerprint density at radius 3 is 2.44 bits per heavy atom. The number of hydrogen-bond donors (Lipinski definition) is 0. The molecule has 2 aromatic heterocycles. The molecule has 0 aromatic carbocycles. The van der Waals surface area contributed by atoms with Crippen LogP contribution in [0.5, 0.6) is 0 Å². The van der Waals surface area contributed by atoms with Crippen molar-refractivity contribution in [1.29, 1.82) is 0 Å². The molecule has 1 fully saturated rings. The zero-order valence-corrected chi connectivity index (χ0v) is 14.8. The molecule has 11 heteroatoms. The second-order valence-corrected chi connectivity index (χ2v) is 6.57. The van der Waals surface area contributed by atoms with Gasteiger partial charge in [0, 0.05) is 38.9 Å². The van der Waals surface area contributed by atoms with E-state index in [1.54, 1.807) is 11.1 Å². The van der Waals surface area contributed by atoms with Crippen molar-refractivity contribution in [3.05, 3.63) is 51.4 Å². The second kappa shape index (κ2) is 7.81.